The minimum Gasteiger partial charge on any atom is -0.385 e. The Morgan fingerprint density at radius 1 is 1.31 bits per heavy atom. The van der Waals surface area contributed by atoms with Gasteiger partial charge in [0.25, 0.3) is 0 Å². The number of hydrogen-bond donors (Lipinski definition) is 1. The van der Waals surface area contributed by atoms with Crippen LogP contribution in [0.15, 0.2) is 23.9 Å². The van der Waals surface area contributed by atoms with E-state index in [1.54, 1.807) is 0 Å². The molecule has 0 spiro atoms. The minimum absolute atomic E-state index is 0.341. The van der Waals surface area contributed by atoms with Gasteiger partial charge in [-0.2, -0.15) is 0 Å². The molecule has 0 saturated heterocycles. The third kappa shape index (κ3) is 4.03. The Balaban J connectivity index is 2.35. The van der Waals surface area contributed by atoms with E-state index < -0.39 is 0 Å². The Kier molecular flexibility index (Phi) is 4.64. The molecule has 0 bridgehead atoms. The van der Waals surface area contributed by atoms with E-state index in [1.807, 2.05) is 0 Å². The van der Waals surface area contributed by atoms with E-state index in [9.17, 15) is 0 Å². The predicted octanol–water partition coefficient (Wildman–Crippen LogP) is 4.13. The molecule has 1 nitrogen and oxygen atoms in total. The van der Waals surface area contributed by atoms with E-state index in [0.29, 0.717) is 5.41 Å². The third-order valence-electron chi connectivity index (χ3n) is 3.81. The maximum Gasteiger partial charge on any atom is 0.0297 e. The van der Waals surface area contributed by atoms with E-state index in [0.717, 1.165) is 24.8 Å². The smallest absolute Gasteiger partial charge is 0.0297 e. The summed E-state index contributed by atoms with van der Waals surface area (Å²) in [6, 6.07) is 0. The zero-order valence-corrected chi connectivity index (χ0v) is 11.5. The first-order valence-corrected chi connectivity index (χ1v) is 6.58. The summed E-state index contributed by atoms with van der Waals surface area (Å²) in [5.74, 6) is 1.55. The average molecular weight is 221 g/mol. The van der Waals surface area contributed by atoms with Crippen molar-refractivity contribution in [2.75, 3.05) is 6.54 Å². The number of allylic oxidation sites excluding steroid dienone is 3. The van der Waals surface area contributed by atoms with Crippen molar-refractivity contribution < 1.29 is 0 Å². The first-order valence-electron chi connectivity index (χ1n) is 6.58. The van der Waals surface area contributed by atoms with Crippen LogP contribution in [0.1, 0.15) is 47.5 Å². The van der Waals surface area contributed by atoms with Crippen LogP contribution in [-0.2, 0) is 0 Å². The highest BCUT2D eigenvalue weighted by molar-refractivity contribution is 5.24. The van der Waals surface area contributed by atoms with Gasteiger partial charge in [0.15, 0.2) is 0 Å². The molecule has 1 aliphatic rings. The van der Waals surface area contributed by atoms with Gasteiger partial charge in [-0.05, 0) is 29.7 Å². The number of nitrogens with one attached hydrogen (secondary N) is 1. The van der Waals surface area contributed by atoms with Gasteiger partial charge in [-0.15, -0.1) is 0 Å². The monoisotopic (exact) mass is 221 g/mol. The molecule has 0 radical (unpaired) electrons. The molecule has 0 heterocycles. The molecule has 2 unspecified atom stereocenters. The van der Waals surface area contributed by atoms with Gasteiger partial charge >= 0.3 is 0 Å². The fraction of sp³-hybridized carbons (Fsp3) is 0.733. The molecule has 0 aliphatic heterocycles. The fourth-order valence-electron chi connectivity index (χ4n) is 1.84. The maximum atomic E-state index is 3.55. The van der Waals surface area contributed by atoms with Crippen molar-refractivity contribution in [1.29, 1.82) is 0 Å². The standard InChI is InChI=1S/C15H27N/c1-6-12(2)13(3)11-16-14-7-9-15(4,5)10-8-14/h7-9,12-13,16H,6,10-11H2,1-5H3. The van der Waals surface area contributed by atoms with E-state index in [2.05, 4.69) is 58.2 Å². The van der Waals surface area contributed by atoms with E-state index in [1.165, 1.54) is 12.1 Å². The molecule has 0 aromatic heterocycles. The highest BCUT2D eigenvalue weighted by Crippen LogP contribution is 2.27. The van der Waals surface area contributed by atoms with Crippen molar-refractivity contribution in [3.63, 3.8) is 0 Å². The van der Waals surface area contributed by atoms with Gasteiger partial charge in [-0.3, -0.25) is 0 Å². The number of rotatable bonds is 5. The molecular weight excluding hydrogens is 194 g/mol. The summed E-state index contributed by atoms with van der Waals surface area (Å²) in [7, 11) is 0. The normalized spacial score (nSPS) is 22.4. The number of hydrogen-bond acceptors (Lipinski definition) is 1. The van der Waals surface area contributed by atoms with Gasteiger partial charge in [-0.25, -0.2) is 0 Å². The highest BCUT2D eigenvalue weighted by Gasteiger charge is 2.16. The van der Waals surface area contributed by atoms with Crippen LogP contribution >= 0.6 is 0 Å². The minimum atomic E-state index is 0.341. The fourth-order valence-corrected chi connectivity index (χ4v) is 1.84. The van der Waals surface area contributed by atoms with Gasteiger partial charge in [0.1, 0.15) is 0 Å². The highest BCUT2D eigenvalue weighted by atomic mass is 14.9. The van der Waals surface area contributed by atoms with Crippen molar-refractivity contribution in [1.82, 2.24) is 5.32 Å². The summed E-state index contributed by atoms with van der Waals surface area (Å²) in [6.07, 6.45) is 9.27. The van der Waals surface area contributed by atoms with Crippen molar-refractivity contribution >= 4 is 0 Å². The Labute approximate surface area is 101 Å². The van der Waals surface area contributed by atoms with Gasteiger partial charge < -0.3 is 5.32 Å². The van der Waals surface area contributed by atoms with Gasteiger partial charge in [-0.1, -0.05) is 53.2 Å². The van der Waals surface area contributed by atoms with Crippen LogP contribution in [0.2, 0.25) is 0 Å². The van der Waals surface area contributed by atoms with Crippen LogP contribution in [0.3, 0.4) is 0 Å². The Bertz CT molecular complexity index is 273. The molecule has 0 saturated carbocycles. The van der Waals surface area contributed by atoms with Gasteiger partial charge in [0.05, 0.1) is 0 Å². The zero-order chi connectivity index (χ0) is 12.2. The van der Waals surface area contributed by atoms with E-state index in [4.69, 9.17) is 0 Å². The Hall–Kier alpha value is -0.720. The summed E-state index contributed by atoms with van der Waals surface area (Å²) < 4.78 is 0. The SMILES string of the molecule is CCC(C)C(C)CNC1=CCC(C)(C)C=C1. The topological polar surface area (TPSA) is 12.0 Å². The molecule has 1 N–H and O–H groups in total. The lowest BCUT2D eigenvalue weighted by Gasteiger charge is -2.25. The summed E-state index contributed by atoms with van der Waals surface area (Å²) >= 11 is 0. The van der Waals surface area contributed by atoms with Crippen LogP contribution in [0.4, 0.5) is 0 Å². The van der Waals surface area contributed by atoms with E-state index >= 15 is 0 Å². The molecule has 16 heavy (non-hydrogen) atoms. The molecule has 0 fully saturated rings. The second-order valence-corrected chi connectivity index (χ2v) is 5.93. The molecule has 92 valence electrons. The molecule has 1 rings (SSSR count). The first kappa shape index (κ1) is 13.3. The molecule has 0 amide bonds. The quantitative estimate of drug-likeness (QED) is 0.736. The molecular formula is C15H27N. The predicted molar refractivity (Wildman–Crippen MR) is 72.2 cm³/mol. The van der Waals surface area contributed by atoms with Crippen LogP contribution < -0.4 is 5.32 Å². The largest absolute Gasteiger partial charge is 0.385 e. The second-order valence-electron chi connectivity index (χ2n) is 5.93. The first-order chi connectivity index (χ1) is 7.44. The maximum absolute atomic E-state index is 3.55. The van der Waals surface area contributed by atoms with E-state index in [-0.39, 0.29) is 0 Å². The zero-order valence-electron chi connectivity index (χ0n) is 11.5. The molecule has 1 heteroatoms. The van der Waals surface area contributed by atoms with Crippen LogP contribution in [0.5, 0.6) is 0 Å². The summed E-state index contributed by atoms with van der Waals surface area (Å²) in [6.45, 7) is 12.6. The van der Waals surface area contributed by atoms with Gasteiger partial charge in [0, 0.05) is 12.2 Å². The molecule has 0 aromatic rings. The van der Waals surface area contributed by atoms with Crippen LogP contribution in [0, 0.1) is 17.3 Å². The van der Waals surface area contributed by atoms with Crippen molar-refractivity contribution in [3.8, 4) is 0 Å². The third-order valence-corrected chi connectivity index (χ3v) is 3.81. The summed E-state index contributed by atoms with van der Waals surface area (Å²) in [5, 5.41) is 3.55. The van der Waals surface area contributed by atoms with Gasteiger partial charge in [0.2, 0.25) is 0 Å². The Morgan fingerprint density at radius 3 is 2.50 bits per heavy atom. The van der Waals surface area contributed by atoms with Crippen molar-refractivity contribution in [3.05, 3.63) is 23.9 Å². The lowest BCUT2D eigenvalue weighted by atomic mass is 9.85. The van der Waals surface area contributed by atoms with Crippen molar-refractivity contribution in [2.45, 2.75) is 47.5 Å². The van der Waals surface area contributed by atoms with Crippen molar-refractivity contribution in [2.24, 2.45) is 17.3 Å². The lowest BCUT2D eigenvalue weighted by Crippen LogP contribution is -2.25. The Morgan fingerprint density at radius 2 is 2.00 bits per heavy atom. The molecule has 1 aliphatic carbocycles. The summed E-state index contributed by atoms with van der Waals surface area (Å²) in [5.41, 5.74) is 1.64. The summed E-state index contributed by atoms with van der Waals surface area (Å²) in [4.78, 5) is 0. The average Bonchev–Trinajstić information content (AvgIpc) is 2.26. The lowest BCUT2D eigenvalue weighted by molar-refractivity contribution is 0.368. The second kappa shape index (κ2) is 5.56. The van der Waals surface area contributed by atoms with Crippen LogP contribution in [-0.4, -0.2) is 6.54 Å². The molecule has 0 aromatic carbocycles. The molecule has 2 atom stereocenters. The van der Waals surface area contributed by atoms with Crippen LogP contribution in [0.25, 0.3) is 0 Å².